The molecule has 1 aliphatic heterocycles. The van der Waals surface area contributed by atoms with Gasteiger partial charge in [-0.3, -0.25) is 14.9 Å². The zero-order chi connectivity index (χ0) is 15.4. The molecule has 1 saturated heterocycles. The molecule has 0 aliphatic carbocycles. The monoisotopic (exact) mass is 357 g/mol. The minimum absolute atomic E-state index is 0.00325. The van der Waals surface area contributed by atoms with Crippen LogP contribution in [0, 0.1) is 16.0 Å². The molecule has 0 radical (unpaired) electrons. The average Bonchev–Trinajstić information content (AvgIpc) is 2.87. The number of rotatable bonds is 5. The molecule has 8 heteroatoms. The summed E-state index contributed by atoms with van der Waals surface area (Å²) in [5.74, 6) is -0.418. The largest absolute Gasteiger partial charge is 0.379 e. The van der Waals surface area contributed by atoms with E-state index in [4.69, 9.17) is 4.74 Å². The molecule has 1 fully saturated rings. The lowest BCUT2D eigenvalue weighted by molar-refractivity contribution is -0.385. The maximum atomic E-state index is 12.2. The van der Waals surface area contributed by atoms with Gasteiger partial charge in [-0.05, 0) is 34.6 Å². The number of nitro benzene ring substituents is 1. The third-order valence-electron chi connectivity index (χ3n) is 3.30. The van der Waals surface area contributed by atoms with Gasteiger partial charge in [0, 0.05) is 17.8 Å². The van der Waals surface area contributed by atoms with E-state index in [1.165, 1.54) is 18.2 Å². The van der Waals surface area contributed by atoms with Gasteiger partial charge in [-0.2, -0.15) is 0 Å². The summed E-state index contributed by atoms with van der Waals surface area (Å²) in [5.41, 5.74) is 0.474. The van der Waals surface area contributed by atoms with E-state index in [2.05, 4.69) is 26.6 Å². The van der Waals surface area contributed by atoms with E-state index in [1.807, 2.05) is 6.92 Å². The lowest BCUT2D eigenvalue weighted by Crippen LogP contribution is -2.41. The van der Waals surface area contributed by atoms with Crippen molar-refractivity contribution in [3.05, 3.63) is 32.8 Å². The van der Waals surface area contributed by atoms with E-state index >= 15 is 0 Å². The van der Waals surface area contributed by atoms with E-state index < -0.39 is 4.92 Å². The van der Waals surface area contributed by atoms with Crippen molar-refractivity contribution in [1.29, 1.82) is 0 Å². The van der Waals surface area contributed by atoms with E-state index in [1.54, 1.807) is 0 Å². The second-order valence-corrected chi connectivity index (χ2v) is 5.58. The second-order valence-electron chi connectivity index (χ2n) is 4.72. The summed E-state index contributed by atoms with van der Waals surface area (Å²) >= 11 is 3.13. The van der Waals surface area contributed by atoms with Crippen molar-refractivity contribution in [3.8, 4) is 0 Å². The predicted octanol–water partition coefficient (Wildman–Crippen LogP) is 1.92. The Morgan fingerprint density at radius 3 is 2.90 bits per heavy atom. The van der Waals surface area contributed by atoms with Gasteiger partial charge >= 0.3 is 0 Å². The number of likely N-dealkylation sites (N-methyl/N-ethyl adjacent to an activating group) is 1. The zero-order valence-corrected chi connectivity index (χ0v) is 13.1. The molecule has 2 rings (SSSR count). The summed E-state index contributed by atoms with van der Waals surface area (Å²) in [5, 5.41) is 16.7. The van der Waals surface area contributed by atoms with Crippen LogP contribution in [0.2, 0.25) is 0 Å². The van der Waals surface area contributed by atoms with Crippen molar-refractivity contribution < 1.29 is 14.5 Å². The Kier molecular flexibility index (Phi) is 5.27. The van der Waals surface area contributed by atoms with Crippen LogP contribution < -0.4 is 10.6 Å². The molecule has 0 bridgehead atoms. The SMILES string of the molecule is CCNC1COCC1C(=O)Nc1ccc([N+](=O)[O-])c(Br)c1. The summed E-state index contributed by atoms with van der Waals surface area (Å²) in [6.07, 6.45) is 0. The standard InChI is InChI=1S/C13H16BrN3O4/c1-2-15-11-7-21-6-9(11)13(18)16-8-3-4-12(17(19)20)10(14)5-8/h3-5,9,11,15H,2,6-7H2,1H3,(H,16,18). The molecule has 2 N–H and O–H groups in total. The first-order chi connectivity index (χ1) is 10.0. The highest BCUT2D eigenvalue weighted by molar-refractivity contribution is 9.10. The minimum atomic E-state index is -0.484. The van der Waals surface area contributed by atoms with Crippen LogP contribution in [-0.2, 0) is 9.53 Å². The number of hydrogen-bond acceptors (Lipinski definition) is 5. The summed E-state index contributed by atoms with van der Waals surface area (Å²) in [6, 6.07) is 4.39. The van der Waals surface area contributed by atoms with Gasteiger partial charge in [-0.1, -0.05) is 6.92 Å². The van der Waals surface area contributed by atoms with Crippen LogP contribution in [0.4, 0.5) is 11.4 Å². The summed E-state index contributed by atoms with van der Waals surface area (Å²) in [4.78, 5) is 22.5. The number of anilines is 1. The van der Waals surface area contributed by atoms with Crippen molar-refractivity contribution in [3.63, 3.8) is 0 Å². The van der Waals surface area contributed by atoms with Crippen LogP contribution in [-0.4, -0.2) is 36.6 Å². The quantitative estimate of drug-likeness (QED) is 0.620. The van der Waals surface area contributed by atoms with Crippen molar-refractivity contribution in [2.24, 2.45) is 5.92 Å². The van der Waals surface area contributed by atoms with E-state index in [-0.39, 0.29) is 23.6 Å². The molecule has 0 aromatic heterocycles. The van der Waals surface area contributed by atoms with E-state index in [0.717, 1.165) is 6.54 Å². The fourth-order valence-electron chi connectivity index (χ4n) is 2.24. The molecule has 2 unspecified atom stereocenters. The summed E-state index contributed by atoms with van der Waals surface area (Å²) in [6.45, 7) is 3.62. The number of benzene rings is 1. The molecule has 21 heavy (non-hydrogen) atoms. The number of hydrogen-bond donors (Lipinski definition) is 2. The molecule has 1 heterocycles. The molecule has 1 aromatic carbocycles. The number of nitrogens with zero attached hydrogens (tertiary/aromatic N) is 1. The van der Waals surface area contributed by atoms with Gasteiger partial charge in [-0.25, -0.2) is 0 Å². The van der Waals surface area contributed by atoms with Crippen molar-refractivity contribution >= 4 is 33.2 Å². The van der Waals surface area contributed by atoms with Crippen LogP contribution in [0.15, 0.2) is 22.7 Å². The van der Waals surface area contributed by atoms with Crippen LogP contribution in [0.3, 0.4) is 0 Å². The van der Waals surface area contributed by atoms with Gasteiger partial charge in [0.25, 0.3) is 5.69 Å². The number of nitro groups is 1. The first-order valence-corrected chi connectivity index (χ1v) is 7.38. The number of nitrogens with one attached hydrogen (secondary N) is 2. The average molecular weight is 358 g/mol. The van der Waals surface area contributed by atoms with E-state index in [0.29, 0.717) is 23.4 Å². The van der Waals surface area contributed by atoms with Crippen LogP contribution in [0.5, 0.6) is 0 Å². The normalized spacial score (nSPS) is 21.2. The minimum Gasteiger partial charge on any atom is -0.379 e. The maximum Gasteiger partial charge on any atom is 0.283 e. The fourth-order valence-corrected chi connectivity index (χ4v) is 2.77. The molecular weight excluding hydrogens is 342 g/mol. The molecule has 1 aromatic rings. The second kappa shape index (κ2) is 6.97. The number of halogens is 1. The topological polar surface area (TPSA) is 93.5 Å². The van der Waals surface area contributed by atoms with Crippen LogP contribution in [0.1, 0.15) is 6.92 Å². The van der Waals surface area contributed by atoms with Gasteiger partial charge < -0.3 is 15.4 Å². The van der Waals surface area contributed by atoms with Gasteiger partial charge in [0.1, 0.15) is 0 Å². The number of carbonyl (C=O) groups is 1. The molecule has 1 amide bonds. The molecular formula is C13H16BrN3O4. The highest BCUT2D eigenvalue weighted by Crippen LogP contribution is 2.28. The molecule has 114 valence electrons. The number of ether oxygens (including phenoxy) is 1. The van der Waals surface area contributed by atoms with Crippen molar-refractivity contribution in [2.75, 3.05) is 25.1 Å². The lowest BCUT2D eigenvalue weighted by Gasteiger charge is -2.17. The third kappa shape index (κ3) is 3.78. The first kappa shape index (κ1) is 15.9. The Labute approximate surface area is 130 Å². The van der Waals surface area contributed by atoms with Gasteiger partial charge in [0.2, 0.25) is 5.91 Å². The van der Waals surface area contributed by atoms with Crippen LogP contribution >= 0.6 is 15.9 Å². The smallest absolute Gasteiger partial charge is 0.283 e. The first-order valence-electron chi connectivity index (χ1n) is 6.59. The number of amides is 1. The fraction of sp³-hybridized carbons (Fsp3) is 0.462. The van der Waals surface area contributed by atoms with Crippen molar-refractivity contribution in [2.45, 2.75) is 13.0 Å². The Morgan fingerprint density at radius 2 is 2.29 bits per heavy atom. The van der Waals surface area contributed by atoms with Crippen LogP contribution in [0.25, 0.3) is 0 Å². The third-order valence-corrected chi connectivity index (χ3v) is 3.93. The Balaban J connectivity index is 2.06. The van der Waals surface area contributed by atoms with Gasteiger partial charge in [0.15, 0.2) is 0 Å². The lowest BCUT2D eigenvalue weighted by atomic mass is 10.0. The number of carbonyl (C=O) groups excluding carboxylic acids is 1. The Morgan fingerprint density at radius 1 is 1.52 bits per heavy atom. The molecule has 0 saturated carbocycles. The Hall–Kier alpha value is -1.51. The highest BCUT2D eigenvalue weighted by Gasteiger charge is 2.33. The zero-order valence-electron chi connectivity index (χ0n) is 11.5. The van der Waals surface area contributed by atoms with Gasteiger partial charge in [0.05, 0.1) is 28.5 Å². The summed E-state index contributed by atoms with van der Waals surface area (Å²) in [7, 11) is 0. The highest BCUT2D eigenvalue weighted by atomic mass is 79.9. The molecule has 7 nitrogen and oxygen atoms in total. The van der Waals surface area contributed by atoms with Gasteiger partial charge in [-0.15, -0.1) is 0 Å². The van der Waals surface area contributed by atoms with Crippen molar-refractivity contribution in [1.82, 2.24) is 5.32 Å². The molecule has 1 aliphatic rings. The van der Waals surface area contributed by atoms with E-state index in [9.17, 15) is 14.9 Å². The summed E-state index contributed by atoms with van der Waals surface area (Å²) < 4.78 is 5.66. The molecule has 0 spiro atoms. The Bertz CT molecular complexity index is 552. The maximum absolute atomic E-state index is 12.2. The molecule has 2 atom stereocenters. The predicted molar refractivity (Wildman–Crippen MR) is 81.2 cm³/mol.